The number of benzene rings is 1. The van der Waals surface area contributed by atoms with Crippen LogP contribution in [0, 0.1) is 24.5 Å². The third kappa shape index (κ3) is 2.64. The van der Waals surface area contributed by atoms with E-state index in [9.17, 15) is 18.4 Å². The second-order valence-electron chi connectivity index (χ2n) is 4.84. The van der Waals surface area contributed by atoms with Gasteiger partial charge in [-0.2, -0.15) is 0 Å². The first-order valence-electron chi connectivity index (χ1n) is 6.26. The summed E-state index contributed by atoms with van der Waals surface area (Å²) in [6.07, 6.45) is 0.486. The minimum atomic E-state index is -0.889. The second-order valence-corrected chi connectivity index (χ2v) is 4.84. The van der Waals surface area contributed by atoms with Gasteiger partial charge >= 0.3 is 5.97 Å². The van der Waals surface area contributed by atoms with Gasteiger partial charge in [0.1, 0.15) is 11.6 Å². The van der Waals surface area contributed by atoms with Crippen LogP contribution < -0.4 is 0 Å². The smallest absolute Gasteiger partial charge is 0.310 e. The van der Waals surface area contributed by atoms with Crippen molar-refractivity contribution in [1.29, 1.82) is 0 Å². The molecular weight excluding hydrogens is 268 g/mol. The van der Waals surface area contributed by atoms with Crippen molar-refractivity contribution in [3.05, 3.63) is 34.9 Å². The highest BCUT2D eigenvalue weighted by Gasteiger charge is 2.33. The maximum Gasteiger partial charge on any atom is 0.310 e. The van der Waals surface area contributed by atoms with E-state index in [0.717, 1.165) is 0 Å². The summed E-state index contributed by atoms with van der Waals surface area (Å²) in [6, 6.07) is 1.90. The minimum Gasteiger partial charge on any atom is -0.469 e. The molecule has 0 aromatic heterocycles. The Morgan fingerprint density at radius 3 is 2.65 bits per heavy atom. The first-order valence-corrected chi connectivity index (χ1v) is 6.26. The molecule has 1 atom stereocenters. The summed E-state index contributed by atoms with van der Waals surface area (Å²) in [5.74, 6) is -2.87. The summed E-state index contributed by atoms with van der Waals surface area (Å²) in [5, 5.41) is 0. The lowest BCUT2D eigenvalue weighted by Crippen LogP contribution is -2.31. The molecule has 1 heterocycles. The maximum absolute atomic E-state index is 13.7. The molecule has 1 fully saturated rings. The molecule has 6 heteroatoms. The number of hydrogen-bond donors (Lipinski definition) is 0. The molecule has 1 aromatic carbocycles. The fraction of sp³-hybridized carbons (Fsp3) is 0.429. The summed E-state index contributed by atoms with van der Waals surface area (Å²) in [4.78, 5) is 25.0. The largest absolute Gasteiger partial charge is 0.469 e. The van der Waals surface area contributed by atoms with Gasteiger partial charge in [0.05, 0.1) is 18.6 Å². The van der Waals surface area contributed by atoms with E-state index in [1.54, 1.807) is 0 Å². The van der Waals surface area contributed by atoms with Gasteiger partial charge in [-0.15, -0.1) is 0 Å². The van der Waals surface area contributed by atoms with Crippen molar-refractivity contribution in [2.45, 2.75) is 13.3 Å². The zero-order valence-electron chi connectivity index (χ0n) is 11.3. The molecule has 20 heavy (non-hydrogen) atoms. The number of rotatable bonds is 2. The monoisotopic (exact) mass is 283 g/mol. The number of aryl methyl sites for hydroxylation is 1. The van der Waals surface area contributed by atoms with Gasteiger partial charge < -0.3 is 9.64 Å². The van der Waals surface area contributed by atoms with Gasteiger partial charge in [-0.3, -0.25) is 9.59 Å². The molecule has 4 nitrogen and oxygen atoms in total. The summed E-state index contributed by atoms with van der Waals surface area (Å²) >= 11 is 0. The van der Waals surface area contributed by atoms with Crippen molar-refractivity contribution in [1.82, 2.24) is 4.90 Å². The number of amides is 1. The van der Waals surface area contributed by atoms with Crippen molar-refractivity contribution < 1.29 is 23.1 Å². The highest BCUT2D eigenvalue weighted by atomic mass is 19.1. The van der Waals surface area contributed by atoms with Gasteiger partial charge in [-0.25, -0.2) is 8.78 Å². The standard InChI is InChI=1S/C14H15F2NO3/c1-8-5-10(12(16)6-11(8)15)13(18)17-4-3-9(7-17)14(19)20-2/h5-6,9H,3-4,7H2,1-2H3. The zero-order valence-corrected chi connectivity index (χ0v) is 11.3. The lowest BCUT2D eigenvalue weighted by atomic mass is 10.1. The Morgan fingerprint density at radius 1 is 1.30 bits per heavy atom. The Bertz CT molecular complexity index is 560. The molecular formula is C14H15F2NO3. The minimum absolute atomic E-state index is 0.172. The Hall–Kier alpha value is -1.98. The number of likely N-dealkylation sites (tertiary alicyclic amines) is 1. The second kappa shape index (κ2) is 5.56. The molecule has 1 aliphatic heterocycles. The van der Waals surface area contributed by atoms with Crippen LogP contribution in [0.15, 0.2) is 12.1 Å². The molecule has 1 amide bonds. The van der Waals surface area contributed by atoms with Gasteiger partial charge in [0.15, 0.2) is 0 Å². The van der Waals surface area contributed by atoms with Crippen molar-refractivity contribution >= 4 is 11.9 Å². The van der Waals surface area contributed by atoms with Crippen LogP contribution >= 0.6 is 0 Å². The number of halogens is 2. The maximum atomic E-state index is 13.7. The number of carbonyl (C=O) groups excluding carboxylic acids is 2. The van der Waals surface area contributed by atoms with E-state index >= 15 is 0 Å². The molecule has 0 aliphatic carbocycles. The van der Waals surface area contributed by atoms with Crippen LogP contribution in [0.2, 0.25) is 0 Å². The summed E-state index contributed by atoms with van der Waals surface area (Å²) in [6.45, 7) is 2.02. The molecule has 0 spiro atoms. The fourth-order valence-electron chi connectivity index (χ4n) is 2.30. The Balaban J connectivity index is 2.17. The predicted molar refractivity (Wildman–Crippen MR) is 67.1 cm³/mol. The molecule has 1 unspecified atom stereocenters. The summed E-state index contributed by atoms with van der Waals surface area (Å²) in [7, 11) is 1.29. The molecule has 108 valence electrons. The molecule has 1 aromatic rings. The molecule has 0 bridgehead atoms. The number of ether oxygens (including phenoxy) is 1. The average Bonchev–Trinajstić information content (AvgIpc) is 2.91. The molecule has 1 saturated heterocycles. The normalized spacial score (nSPS) is 18.2. The van der Waals surface area contributed by atoms with Crippen LogP contribution in [0.5, 0.6) is 0 Å². The first kappa shape index (κ1) is 14.4. The van der Waals surface area contributed by atoms with E-state index in [0.29, 0.717) is 19.0 Å². The van der Waals surface area contributed by atoms with Crippen molar-refractivity contribution in [2.24, 2.45) is 5.92 Å². The van der Waals surface area contributed by atoms with Crippen LogP contribution in [0.25, 0.3) is 0 Å². The van der Waals surface area contributed by atoms with E-state index in [1.165, 1.54) is 25.0 Å². The highest BCUT2D eigenvalue weighted by molar-refractivity contribution is 5.95. The van der Waals surface area contributed by atoms with Crippen LogP contribution in [0.4, 0.5) is 8.78 Å². The van der Waals surface area contributed by atoms with Gasteiger partial charge in [-0.05, 0) is 25.0 Å². The van der Waals surface area contributed by atoms with Crippen molar-refractivity contribution in [2.75, 3.05) is 20.2 Å². The van der Waals surface area contributed by atoms with Gasteiger partial charge in [0.2, 0.25) is 0 Å². The number of carbonyl (C=O) groups is 2. The number of nitrogens with zero attached hydrogens (tertiary/aromatic N) is 1. The summed E-state index contributed by atoms with van der Waals surface area (Å²) in [5.41, 5.74) is 0.0351. The van der Waals surface area contributed by atoms with Crippen molar-refractivity contribution in [3.63, 3.8) is 0 Å². The third-order valence-corrected chi connectivity index (χ3v) is 3.49. The third-order valence-electron chi connectivity index (χ3n) is 3.49. The van der Waals surface area contributed by atoms with Crippen LogP contribution in [0.1, 0.15) is 22.3 Å². The van der Waals surface area contributed by atoms with Gasteiger partial charge in [0.25, 0.3) is 5.91 Å². The molecule has 2 rings (SSSR count). The topological polar surface area (TPSA) is 46.6 Å². The molecule has 1 aliphatic rings. The lowest BCUT2D eigenvalue weighted by Gasteiger charge is -2.17. The van der Waals surface area contributed by atoms with Crippen LogP contribution in [0.3, 0.4) is 0 Å². The summed E-state index contributed by atoms with van der Waals surface area (Å²) < 4.78 is 31.5. The Labute approximate surface area is 115 Å². The molecule has 0 radical (unpaired) electrons. The molecule has 0 N–H and O–H groups in total. The highest BCUT2D eigenvalue weighted by Crippen LogP contribution is 2.22. The van der Waals surface area contributed by atoms with Crippen molar-refractivity contribution in [3.8, 4) is 0 Å². The number of methoxy groups -OCH3 is 1. The first-order chi connectivity index (χ1) is 9.43. The van der Waals surface area contributed by atoms with Gasteiger partial charge in [-0.1, -0.05) is 0 Å². The number of hydrogen-bond acceptors (Lipinski definition) is 3. The van der Waals surface area contributed by atoms with E-state index in [-0.39, 0.29) is 29.6 Å². The quantitative estimate of drug-likeness (QED) is 0.779. The lowest BCUT2D eigenvalue weighted by molar-refractivity contribution is -0.144. The molecule has 0 saturated carbocycles. The average molecular weight is 283 g/mol. The van der Waals surface area contributed by atoms with E-state index in [2.05, 4.69) is 4.74 Å². The van der Waals surface area contributed by atoms with Crippen LogP contribution in [-0.4, -0.2) is 37.0 Å². The van der Waals surface area contributed by atoms with E-state index in [4.69, 9.17) is 0 Å². The Kier molecular flexibility index (Phi) is 4.01. The van der Waals surface area contributed by atoms with E-state index < -0.39 is 17.5 Å². The SMILES string of the molecule is COC(=O)C1CCN(C(=O)c2cc(C)c(F)cc2F)C1. The van der Waals surface area contributed by atoms with Crippen LogP contribution in [-0.2, 0) is 9.53 Å². The van der Waals surface area contributed by atoms with Gasteiger partial charge in [0, 0.05) is 19.2 Å². The predicted octanol–water partition coefficient (Wildman–Crippen LogP) is 1.91. The fourth-order valence-corrected chi connectivity index (χ4v) is 2.30. The zero-order chi connectivity index (χ0) is 14.9. The Morgan fingerprint density at radius 2 is 2.00 bits per heavy atom. The number of esters is 1. The van der Waals surface area contributed by atoms with E-state index in [1.807, 2.05) is 0 Å².